The van der Waals surface area contributed by atoms with Gasteiger partial charge in [0.05, 0.1) is 22.8 Å². The number of halogens is 1. The smallest absolute Gasteiger partial charge is 0.245 e. The van der Waals surface area contributed by atoms with Gasteiger partial charge < -0.3 is 0 Å². The third kappa shape index (κ3) is 3.43. The lowest BCUT2D eigenvalue weighted by Gasteiger charge is -2.23. The lowest BCUT2D eigenvalue weighted by Crippen LogP contribution is -2.30. The van der Waals surface area contributed by atoms with Crippen LogP contribution in [-0.4, -0.2) is 26.6 Å². The van der Waals surface area contributed by atoms with Crippen molar-refractivity contribution in [3.8, 4) is 0 Å². The standard InChI is InChI=1S/C21H19ClN4O/c1-13(2)21(27)26-20(12-18(25-26)14-3-6-16(22)7-4-14)15-5-8-17-19(11-15)24-10-9-23-17/h3-11,13,20H,12H2,1-2H3/t20-/m1/s1. The zero-order valence-corrected chi connectivity index (χ0v) is 15.9. The highest BCUT2D eigenvalue weighted by molar-refractivity contribution is 6.30. The van der Waals surface area contributed by atoms with E-state index in [1.807, 2.05) is 56.3 Å². The van der Waals surface area contributed by atoms with Crippen molar-refractivity contribution in [1.29, 1.82) is 0 Å². The number of rotatable bonds is 3. The molecule has 0 unspecified atom stereocenters. The minimum absolute atomic E-state index is 0.00297. The third-order valence-corrected chi connectivity index (χ3v) is 4.94. The van der Waals surface area contributed by atoms with Gasteiger partial charge in [0.15, 0.2) is 0 Å². The summed E-state index contributed by atoms with van der Waals surface area (Å²) in [5.41, 5.74) is 4.50. The molecule has 1 amide bonds. The molecule has 0 saturated heterocycles. The average molecular weight is 379 g/mol. The summed E-state index contributed by atoms with van der Waals surface area (Å²) in [6.07, 6.45) is 3.99. The molecule has 2 heterocycles. The number of fused-ring (bicyclic) bond motifs is 1. The number of aromatic nitrogens is 2. The van der Waals surface area contributed by atoms with Crippen LogP contribution in [0.15, 0.2) is 60.0 Å². The third-order valence-electron chi connectivity index (χ3n) is 4.69. The summed E-state index contributed by atoms with van der Waals surface area (Å²) in [6.45, 7) is 3.78. The lowest BCUT2D eigenvalue weighted by atomic mass is 9.97. The number of amides is 1. The number of hydrogen-bond donors (Lipinski definition) is 0. The summed E-state index contributed by atoms with van der Waals surface area (Å²) in [7, 11) is 0. The maximum Gasteiger partial charge on any atom is 0.245 e. The number of benzene rings is 2. The number of carbonyl (C=O) groups excluding carboxylic acids is 1. The molecule has 0 fully saturated rings. The molecular formula is C21H19ClN4O. The molecule has 0 spiro atoms. The fourth-order valence-electron chi connectivity index (χ4n) is 3.24. The van der Waals surface area contributed by atoms with Gasteiger partial charge in [-0.05, 0) is 35.4 Å². The first-order valence-electron chi connectivity index (χ1n) is 8.90. The first kappa shape index (κ1) is 17.6. The zero-order valence-electron chi connectivity index (χ0n) is 15.1. The second-order valence-electron chi connectivity index (χ2n) is 6.92. The highest BCUT2D eigenvalue weighted by Gasteiger charge is 2.34. The Morgan fingerprint density at radius 2 is 1.78 bits per heavy atom. The van der Waals surface area contributed by atoms with Crippen molar-refractivity contribution in [3.05, 3.63) is 71.0 Å². The molecule has 1 aliphatic rings. The summed E-state index contributed by atoms with van der Waals surface area (Å²) < 4.78 is 0. The van der Waals surface area contributed by atoms with Crippen LogP contribution in [0.1, 0.15) is 37.4 Å². The van der Waals surface area contributed by atoms with Gasteiger partial charge in [-0.1, -0.05) is 43.6 Å². The molecule has 27 heavy (non-hydrogen) atoms. The maximum atomic E-state index is 12.8. The lowest BCUT2D eigenvalue weighted by molar-refractivity contribution is -0.136. The van der Waals surface area contributed by atoms with Crippen molar-refractivity contribution in [3.63, 3.8) is 0 Å². The first-order valence-corrected chi connectivity index (χ1v) is 9.28. The predicted octanol–water partition coefficient (Wildman–Crippen LogP) is 4.62. The Morgan fingerprint density at radius 3 is 2.48 bits per heavy atom. The van der Waals surface area contributed by atoms with E-state index in [1.54, 1.807) is 17.4 Å². The molecule has 3 aromatic rings. The van der Waals surface area contributed by atoms with Gasteiger partial charge in [-0.15, -0.1) is 0 Å². The first-order chi connectivity index (χ1) is 13.0. The Kier molecular flexibility index (Phi) is 4.62. The van der Waals surface area contributed by atoms with Crippen molar-refractivity contribution in [1.82, 2.24) is 15.0 Å². The molecule has 0 saturated carbocycles. The van der Waals surface area contributed by atoms with Gasteiger partial charge in [-0.3, -0.25) is 14.8 Å². The van der Waals surface area contributed by atoms with Crippen LogP contribution in [0.4, 0.5) is 0 Å². The number of carbonyl (C=O) groups is 1. The molecule has 0 bridgehead atoms. The fourth-order valence-corrected chi connectivity index (χ4v) is 3.37. The highest BCUT2D eigenvalue weighted by atomic mass is 35.5. The Labute approximate surface area is 162 Å². The van der Waals surface area contributed by atoms with Gasteiger partial charge in [0.2, 0.25) is 5.91 Å². The summed E-state index contributed by atoms with van der Waals surface area (Å²) in [5.74, 6) is -0.135. The Bertz CT molecular complexity index is 1030. The summed E-state index contributed by atoms with van der Waals surface area (Å²) in [6, 6.07) is 13.3. The van der Waals surface area contributed by atoms with Crippen LogP contribution in [0.25, 0.3) is 11.0 Å². The quantitative estimate of drug-likeness (QED) is 0.668. The average Bonchev–Trinajstić information content (AvgIpc) is 3.12. The summed E-state index contributed by atoms with van der Waals surface area (Å²) in [4.78, 5) is 21.5. The van der Waals surface area contributed by atoms with Crippen LogP contribution in [0.5, 0.6) is 0 Å². The molecular weight excluding hydrogens is 360 g/mol. The van der Waals surface area contributed by atoms with E-state index in [4.69, 9.17) is 11.6 Å². The summed E-state index contributed by atoms with van der Waals surface area (Å²) >= 11 is 6.00. The molecule has 0 aliphatic carbocycles. The number of nitrogens with zero attached hydrogens (tertiary/aromatic N) is 4. The second kappa shape index (κ2) is 7.08. The van der Waals surface area contributed by atoms with E-state index in [1.165, 1.54) is 0 Å². The zero-order chi connectivity index (χ0) is 19.0. The Hall–Kier alpha value is -2.79. The van der Waals surface area contributed by atoms with Gasteiger partial charge in [0, 0.05) is 29.8 Å². The Morgan fingerprint density at radius 1 is 1.07 bits per heavy atom. The largest absolute Gasteiger partial charge is 0.273 e. The van der Waals surface area contributed by atoms with E-state index in [0.29, 0.717) is 11.4 Å². The van der Waals surface area contributed by atoms with E-state index in [9.17, 15) is 4.79 Å². The normalized spacial score (nSPS) is 16.8. The van der Waals surface area contributed by atoms with Gasteiger partial charge >= 0.3 is 0 Å². The minimum atomic E-state index is -0.156. The number of hydrogen-bond acceptors (Lipinski definition) is 4. The van der Waals surface area contributed by atoms with Crippen molar-refractivity contribution in [2.75, 3.05) is 0 Å². The van der Waals surface area contributed by atoms with Gasteiger partial charge in [-0.2, -0.15) is 5.10 Å². The van der Waals surface area contributed by atoms with E-state index in [-0.39, 0.29) is 17.9 Å². The highest BCUT2D eigenvalue weighted by Crippen LogP contribution is 2.34. The van der Waals surface area contributed by atoms with Crippen molar-refractivity contribution >= 4 is 34.3 Å². The minimum Gasteiger partial charge on any atom is -0.273 e. The van der Waals surface area contributed by atoms with Gasteiger partial charge in [0.1, 0.15) is 0 Å². The molecule has 6 heteroatoms. The Balaban J connectivity index is 1.73. The van der Waals surface area contributed by atoms with Crippen molar-refractivity contribution in [2.24, 2.45) is 11.0 Å². The molecule has 4 rings (SSSR count). The van der Waals surface area contributed by atoms with E-state index in [2.05, 4.69) is 15.1 Å². The van der Waals surface area contributed by atoms with E-state index in [0.717, 1.165) is 27.9 Å². The predicted molar refractivity (Wildman–Crippen MR) is 107 cm³/mol. The fraction of sp³-hybridized carbons (Fsp3) is 0.238. The van der Waals surface area contributed by atoms with E-state index >= 15 is 0 Å². The molecule has 0 radical (unpaired) electrons. The second-order valence-corrected chi connectivity index (χ2v) is 7.35. The van der Waals surface area contributed by atoms with Gasteiger partial charge in [-0.25, -0.2) is 5.01 Å². The molecule has 1 aromatic heterocycles. The molecule has 136 valence electrons. The van der Waals surface area contributed by atoms with Crippen molar-refractivity contribution in [2.45, 2.75) is 26.3 Å². The van der Waals surface area contributed by atoms with E-state index < -0.39 is 0 Å². The molecule has 2 aromatic carbocycles. The molecule has 1 atom stereocenters. The van der Waals surface area contributed by atoms with Gasteiger partial charge in [0.25, 0.3) is 0 Å². The number of hydrazone groups is 1. The van der Waals surface area contributed by atoms with Crippen LogP contribution in [0, 0.1) is 5.92 Å². The maximum absolute atomic E-state index is 12.8. The van der Waals surface area contributed by atoms with Crippen LogP contribution >= 0.6 is 11.6 Å². The van der Waals surface area contributed by atoms with Crippen LogP contribution in [0.3, 0.4) is 0 Å². The van der Waals surface area contributed by atoms with Crippen LogP contribution in [-0.2, 0) is 4.79 Å². The molecule has 0 N–H and O–H groups in total. The molecule has 5 nitrogen and oxygen atoms in total. The SMILES string of the molecule is CC(C)C(=O)N1N=C(c2ccc(Cl)cc2)C[C@@H]1c1ccc2nccnc2c1. The van der Waals surface area contributed by atoms with Crippen LogP contribution in [0.2, 0.25) is 5.02 Å². The van der Waals surface area contributed by atoms with Crippen molar-refractivity contribution < 1.29 is 4.79 Å². The summed E-state index contributed by atoms with van der Waals surface area (Å²) in [5, 5.41) is 6.96. The van der Waals surface area contributed by atoms with Crippen LogP contribution < -0.4 is 0 Å². The monoisotopic (exact) mass is 378 g/mol. The molecule has 1 aliphatic heterocycles. The topological polar surface area (TPSA) is 58.5 Å².